The maximum Gasteiger partial charge on any atom is 0.338 e. The number of carbonyl (C=O) groups is 2. The Balaban J connectivity index is 1.49. The Bertz CT molecular complexity index is 910. The van der Waals surface area contributed by atoms with Crippen LogP contribution in [0.5, 0.6) is 5.75 Å². The number of carbonyl (C=O) groups excluding carboxylic acids is 2. The molecule has 1 amide bonds. The van der Waals surface area contributed by atoms with Gasteiger partial charge in [0.2, 0.25) is 0 Å². The van der Waals surface area contributed by atoms with E-state index in [0.29, 0.717) is 21.9 Å². The summed E-state index contributed by atoms with van der Waals surface area (Å²) in [5, 5.41) is 4.56. The summed E-state index contributed by atoms with van der Waals surface area (Å²) in [5.41, 5.74) is 0.825. The zero-order chi connectivity index (χ0) is 19.1. The van der Waals surface area contributed by atoms with E-state index in [-0.39, 0.29) is 24.9 Å². The fourth-order valence-corrected chi connectivity index (χ4v) is 2.85. The average Bonchev–Trinajstić information content (AvgIpc) is 3.22. The molecule has 27 heavy (non-hydrogen) atoms. The van der Waals surface area contributed by atoms with Crippen molar-refractivity contribution in [2.45, 2.75) is 0 Å². The van der Waals surface area contributed by atoms with Gasteiger partial charge in [-0.15, -0.1) is 11.3 Å². The van der Waals surface area contributed by atoms with Crippen LogP contribution < -0.4 is 10.1 Å². The van der Waals surface area contributed by atoms with Gasteiger partial charge in [0.25, 0.3) is 5.91 Å². The van der Waals surface area contributed by atoms with Gasteiger partial charge in [0.15, 0.2) is 0 Å². The smallest absolute Gasteiger partial charge is 0.338 e. The Morgan fingerprint density at radius 1 is 1.00 bits per heavy atom. The number of ether oxygens (including phenoxy) is 2. The summed E-state index contributed by atoms with van der Waals surface area (Å²) in [6.45, 7) is 0.189. The third-order valence-corrected chi connectivity index (χ3v) is 4.37. The van der Waals surface area contributed by atoms with E-state index in [1.165, 1.54) is 35.6 Å². The Morgan fingerprint density at radius 2 is 1.81 bits per heavy atom. The minimum atomic E-state index is -0.523. The van der Waals surface area contributed by atoms with Gasteiger partial charge in [-0.05, 0) is 53.9 Å². The molecule has 0 aliphatic heterocycles. The summed E-state index contributed by atoms with van der Waals surface area (Å²) in [5.74, 6) is -0.612. The van der Waals surface area contributed by atoms with Crippen LogP contribution in [-0.2, 0) is 4.74 Å². The quantitative estimate of drug-likeness (QED) is 0.484. The lowest BCUT2D eigenvalue weighted by molar-refractivity contribution is 0.0450. The molecule has 0 spiro atoms. The number of thiophene rings is 1. The first-order valence-corrected chi connectivity index (χ1v) is 9.00. The van der Waals surface area contributed by atoms with Gasteiger partial charge in [-0.1, -0.05) is 12.1 Å². The summed E-state index contributed by atoms with van der Waals surface area (Å²) >= 11 is 1.33. The first kappa shape index (κ1) is 18.6. The van der Waals surface area contributed by atoms with Crippen molar-refractivity contribution in [1.29, 1.82) is 0 Å². The lowest BCUT2D eigenvalue weighted by Gasteiger charge is -2.09. The zero-order valence-corrected chi connectivity index (χ0v) is 15.0. The van der Waals surface area contributed by atoms with Crippen molar-refractivity contribution in [3.8, 4) is 5.75 Å². The fraction of sp³-hybridized carbons (Fsp3) is 0.100. The van der Waals surface area contributed by atoms with E-state index in [4.69, 9.17) is 9.47 Å². The molecule has 3 aromatic rings. The highest BCUT2D eigenvalue weighted by molar-refractivity contribution is 7.12. The molecule has 0 unspecified atom stereocenters. The highest BCUT2D eigenvalue weighted by Gasteiger charge is 2.11. The van der Waals surface area contributed by atoms with Crippen molar-refractivity contribution >= 4 is 28.9 Å². The second kappa shape index (κ2) is 8.95. The van der Waals surface area contributed by atoms with E-state index in [1.54, 1.807) is 36.4 Å². The third kappa shape index (κ3) is 5.39. The molecule has 0 fully saturated rings. The second-order valence-corrected chi connectivity index (χ2v) is 6.40. The molecular formula is C20H16FNO4S. The summed E-state index contributed by atoms with van der Waals surface area (Å²) in [4.78, 5) is 24.8. The Morgan fingerprint density at radius 3 is 2.56 bits per heavy atom. The number of rotatable bonds is 7. The highest BCUT2D eigenvalue weighted by atomic mass is 32.1. The van der Waals surface area contributed by atoms with E-state index in [2.05, 4.69) is 5.32 Å². The summed E-state index contributed by atoms with van der Waals surface area (Å²) in [7, 11) is 0. The average molecular weight is 385 g/mol. The number of anilines is 1. The van der Waals surface area contributed by atoms with Crippen LogP contribution in [0.2, 0.25) is 0 Å². The molecule has 0 saturated heterocycles. The monoisotopic (exact) mass is 385 g/mol. The van der Waals surface area contributed by atoms with Gasteiger partial charge in [-0.2, -0.15) is 0 Å². The van der Waals surface area contributed by atoms with Crippen LogP contribution in [-0.4, -0.2) is 25.1 Å². The summed E-state index contributed by atoms with van der Waals surface area (Å²) in [6.07, 6.45) is 0. The van der Waals surface area contributed by atoms with Crippen molar-refractivity contribution in [2.24, 2.45) is 0 Å². The van der Waals surface area contributed by atoms with Gasteiger partial charge in [0.1, 0.15) is 24.8 Å². The molecule has 0 radical (unpaired) electrons. The summed E-state index contributed by atoms with van der Waals surface area (Å²) < 4.78 is 23.3. The topological polar surface area (TPSA) is 64.6 Å². The van der Waals surface area contributed by atoms with Crippen LogP contribution in [0.15, 0.2) is 66.0 Å². The van der Waals surface area contributed by atoms with Crippen molar-refractivity contribution in [1.82, 2.24) is 0 Å². The molecule has 3 rings (SSSR count). The molecule has 0 bridgehead atoms. The molecule has 1 aromatic heterocycles. The van der Waals surface area contributed by atoms with E-state index in [0.717, 1.165) is 0 Å². The largest absolute Gasteiger partial charge is 0.490 e. The van der Waals surface area contributed by atoms with Crippen molar-refractivity contribution < 1.29 is 23.5 Å². The first-order valence-electron chi connectivity index (χ1n) is 8.12. The van der Waals surface area contributed by atoms with Crippen molar-refractivity contribution in [3.05, 3.63) is 82.3 Å². The Labute approximate surface area is 159 Å². The third-order valence-electron chi connectivity index (χ3n) is 3.50. The molecule has 1 N–H and O–H groups in total. The molecular weight excluding hydrogens is 369 g/mol. The van der Waals surface area contributed by atoms with E-state index in [1.807, 2.05) is 5.38 Å². The Kier molecular flexibility index (Phi) is 6.17. The van der Waals surface area contributed by atoms with E-state index < -0.39 is 5.97 Å². The molecule has 2 aromatic carbocycles. The van der Waals surface area contributed by atoms with Gasteiger partial charge in [-0.25, -0.2) is 9.18 Å². The molecule has 0 atom stereocenters. The molecule has 5 nitrogen and oxygen atoms in total. The standard InChI is InChI=1S/C20H16FNO4S/c21-15-6-8-17(9-7-15)25-10-11-26-20(24)14-3-1-4-16(13-14)22-19(23)18-5-2-12-27-18/h1-9,12-13H,10-11H2,(H,22,23). The summed E-state index contributed by atoms with van der Waals surface area (Å²) in [6, 6.07) is 15.6. The van der Waals surface area contributed by atoms with E-state index >= 15 is 0 Å². The molecule has 0 aliphatic rings. The lowest BCUT2D eigenvalue weighted by Crippen LogP contribution is -2.14. The van der Waals surface area contributed by atoms with Crippen molar-refractivity contribution in [2.75, 3.05) is 18.5 Å². The van der Waals surface area contributed by atoms with Crippen LogP contribution in [0.4, 0.5) is 10.1 Å². The second-order valence-electron chi connectivity index (χ2n) is 5.45. The normalized spacial score (nSPS) is 10.3. The predicted molar refractivity (Wildman–Crippen MR) is 101 cm³/mol. The number of nitrogens with one attached hydrogen (secondary N) is 1. The SMILES string of the molecule is O=C(OCCOc1ccc(F)cc1)c1cccc(NC(=O)c2cccs2)c1. The minimum Gasteiger partial charge on any atom is -0.490 e. The maximum atomic E-state index is 12.8. The molecule has 138 valence electrons. The van der Waals surface area contributed by atoms with Crippen LogP contribution >= 0.6 is 11.3 Å². The number of hydrogen-bond donors (Lipinski definition) is 1. The maximum absolute atomic E-state index is 12.8. The Hall–Kier alpha value is -3.19. The molecule has 0 aliphatic carbocycles. The van der Waals surface area contributed by atoms with Gasteiger partial charge in [-0.3, -0.25) is 4.79 Å². The van der Waals surface area contributed by atoms with Crippen LogP contribution in [0, 0.1) is 5.82 Å². The zero-order valence-electron chi connectivity index (χ0n) is 14.2. The minimum absolute atomic E-state index is 0.0436. The number of hydrogen-bond acceptors (Lipinski definition) is 5. The molecule has 7 heteroatoms. The first-order chi connectivity index (χ1) is 13.1. The molecule has 0 saturated carbocycles. The lowest BCUT2D eigenvalue weighted by atomic mass is 10.2. The number of amides is 1. The van der Waals surface area contributed by atoms with Gasteiger partial charge >= 0.3 is 5.97 Å². The van der Waals surface area contributed by atoms with Gasteiger partial charge < -0.3 is 14.8 Å². The van der Waals surface area contributed by atoms with Crippen molar-refractivity contribution in [3.63, 3.8) is 0 Å². The number of halogens is 1. The van der Waals surface area contributed by atoms with Crippen LogP contribution in [0.1, 0.15) is 20.0 Å². The number of esters is 1. The van der Waals surface area contributed by atoms with Crippen LogP contribution in [0.25, 0.3) is 0 Å². The number of benzene rings is 2. The fourth-order valence-electron chi connectivity index (χ4n) is 2.23. The highest BCUT2D eigenvalue weighted by Crippen LogP contribution is 2.16. The van der Waals surface area contributed by atoms with E-state index in [9.17, 15) is 14.0 Å². The van der Waals surface area contributed by atoms with Crippen LogP contribution in [0.3, 0.4) is 0 Å². The molecule has 1 heterocycles. The van der Waals surface area contributed by atoms with Gasteiger partial charge in [0.05, 0.1) is 10.4 Å². The van der Waals surface area contributed by atoms with Gasteiger partial charge in [0, 0.05) is 5.69 Å². The predicted octanol–water partition coefficient (Wildman–Crippen LogP) is 4.38.